The highest BCUT2D eigenvalue weighted by molar-refractivity contribution is 5.82. The summed E-state index contributed by atoms with van der Waals surface area (Å²) >= 11 is 0. The molecule has 2 aromatic rings. The van der Waals surface area contributed by atoms with Crippen LogP contribution >= 0.6 is 0 Å². The Hall–Kier alpha value is -3.03. The number of aryl methyl sites for hydroxylation is 1. The molecule has 0 spiro atoms. The number of piperazine rings is 1. The average Bonchev–Trinajstić information content (AvgIpc) is 2.73. The SMILES string of the molecule is CCNc1cc(C)nc(N2CCN(C(=O)C3COc4ccccc4O3)CC2)n1. The van der Waals surface area contributed by atoms with Gasteiger partial charge in [-0.05, 0) is 26.0 Å². The van der Waals surface area contributed by atoms with Gasteiger partial charge in [0, 0.05) is 44.5 Å². The topological polar surface area (TPSA) is 79.8 Å². The predicted molar refractivity (Wildman–Crippen MR) is 106 cm³/mol. The molecule has 0 aliphatic carbocycles. The highest BCUT2D eigenvalue weighted by atomic mass is 16.6. The minimum atomic E-state index is -0.600. The maximum absolute atomic E-state index is 12.9. The van der Waals surface area contributed by atoms with Crippen molar-refractivity contribution >= 4 is 17.7 Å². The highest BCUT2D eigenvalue weighted by Gasteiger charge is 2.33. The van der Waals surface area contributed by atoms with E-state index < -0.39 is 6.10 Å². The van der Waals surface area contributed by atoms with Gasteiger partial charge in [-0.1, -0.05) is 12.1 Å². The third kappa shape index (κ3) is 3.81. The first-order valence-corrected chi connectivity index (χ1v) is 9.66. The van der Waals surface area contributed by atoms with E-state index in [1.807, 2.05) is 49.1 Å². The van der Waals surface area contributed by atoms with Crippen molar-refractivity contribution in [2.75, 3.05) is 49.5 Å². The number of anilines is 2. The first kappa shape index (κ1) is 18.3. The number of nitrogens with zero attached hydrogens (tertiary/aromatic N) is 4. The Kier molecular flexibility index (Phi) is 5.18. The zero-order chi connectivity index (χ0) is 19.5. The highest BCUT2D eigenvalue weighted by Crippen LogP contribution is 2.31. The molecule has 8 nitrogen and oxygen atoms in total. The van der Waals surface area contributed by atoms with Gasteiger partial charge >= 0.3 is 0 Å². The maximum Gasteiger partial charge on any atom is 0.267 e. The van der Waals surface area contributed by atoms with Gasteiger partial charge in [0.25, 0.3) is 5.91 Å². The standard InChI is InChI=1S/C20H25N5O3/c1-3-21-18-12-14(2)22-20(23-18)25-10-8-24(9-11-25)19(26)17-13-27-15-6-4-5-7-16(15)28-17/h4-7,12,17H,3,8-11,13H2,1-2H3,(H,21,22,23). The molecule has 1 aromatic heterocycles. The lowest BCUT2D eigenvalue weighted by Gasteiger charge is -2.37. The Balaban J connectivity index is 1.37. The monoisotopic (exact) mass is 383 g/mol. The summed E-state index contributed by atoms with van der Waals surface area (Å²) in [5.41, 5.74) is 0.922. The summed E-state index contributed by atoms with van der Waals surface area (Å²) in [6, 6.07) is 9.36. The number of ether oxygens (including phenoxy) is 2. The number of para-hydroxylation sites is 2. The van der Waals surface area contributed by atoms with E-state index >= 15 is 0 Å². The van der Waals surface area contributed by atoms with Gasteiger partial charge in [-0.25, -0.2) is 4.98 Å². The van der Waals surface area contributed by atoms with Crippen LogP contribution in [0.1, 0.15) is 12.6 Å². The maximum atomic E-state index is 12.9. The second-order valence-electron chi connectivity index (χ2n) is 6.90. The van der Waals surface area contributed by atoms with Gasteiger partial charge in [-0.15, -0.1) is 0 Å². The van der Waals surface area contributed by atoms with Crippen LogP contribution in [-0.2, 0) is 4.79 Å². The van der Waals surface area contributed by atoms with E-state index in [-0.39, 0.29) is 12.5 Å². The van der Waals surface area contributed by atoms with Crippen LogP contribution in [0.3, 0.4) is 0 Å². The van der Waals surface area contributed by atoms with Crippen LogP contribution in [0, 0.1) is 6.92 Å². The largest absolute Gasteiger partial charge is 0.485 e. The van der Waals surface area contributed by atoms with Gasteiger partial charge in [0.1, 0.15) is 12.4 Å². The van der Waals surface area contributed by atoms with E-state index in [9.17, 15) is 4.79 Å². The van der Waals surface area contributed by atoms with E-state index in [4.69, 9.17) is 9.47 Å². The molecule has 8 heteroatoms. The second kappa shape index (κ2) is 7.92. The van der Waals surface area contributed by atoms with Crippen molar-refractivity contribution in [3.63, 3.8) is 0 Å². The molecule has 1 atom stereocenters. The Bertz CT molecular complexity index is 851. The molecule has 0 radical (unpaired) electrons. The number of hydrogen-bond donors (Lipinski definition) is 1. The average molecular weight is 383 g/mol. The Morgan fingerprint density at radius 2 is 1.93 bits per heavy atom. The molecule has 4 rings (SSSR count). The number of nitrogens with one attached hydrogen (secondary N) is 1. The lowest BCUT2D eigenvalue weighted by Crippen LogP contribution is -2.54. The van der Waals surface area contributed by atoms with Crippen molar-refractivity contribution in [2.45, 2.75) is 20.0 Å². The van der Waals surface area contributed by atoms with Gasteiger partial charge in [0.15, 0.2) is 11.5 Å². The minimum Gasteiger partial charge on any atom is -0.485 e. The third-order valence-corrected chi connectivity index (χ3v) is 4.86. The Morgan fingerprint density at radius 1 is 1.18 bits per heavy atom. The molecule has 2 aliphatic rings. The van der Waals surface area contributed by atoms with E-state index in [0.717, 1.165) is 18.1 Å². The molecule has 0 saturated carbocycles. The lowest BCUT2D eigenvalue weighted by molar-refractivity contribution is -0.141. The molecule has 2 aliphatic heterocycles. The van der Waals surface area contributed by atoms with E-state index in [2.05, 4.69) is 20.2 Å². The Labute approximate surface area is 164 Å². The fourth-order valence-electron chi connectivity index (χ4n) is 3.44. The first-order valence-electron chi connectivity index (χ1n) is 9.66. The van der Waals surface area contributed by atoms with Crippen LogP contribution in [0.25, 0.3) is 0 Å². The third-order valence-electron chi connectivity index (χ3n) is 4.86. The number of aromatic nitrogens is 2. The number of hydrogen-bond acceptors (Lipinski definition) is 7. The van der Waals surface area contributed by atoms with E-state index in [1.54, 1.807) is 0 Å². The summed E-state index contributed by atoms with van der Waals surface area (Å²) < 4.78 is 11.5. The van der Waals surface area contributed by atoms with Crippen molar-refractivity contribution in [2.24, 2.45) is 0 Å². The molecule has 28 heavy (non-hydrogen) atoms. The van der Waals surface area contributed by atoms with E-state index in [1.165, 1.54) is 0 Å². The first-order chi connectivity index (χ1) is 13.6. The summed E-state index contributed by atoms with van der Waals surface area (Å²) in [6.45, 7) is 7.63. The Morgan fingerprint density at radius 3 is 2.68 bits per heavy atom. The number of rotatable bonds is 4. The number of carbonyl (C=O) groups excluding carboxylic acids is 1. The quantitative estimate of drug-likeness (QED) is 0.861. The van der Waals surface area contributed by atoms with Crippen molar-refractivity contribution in [3.05, 3.63) is 36.0 Å². The van der Waals surface area contributed by atoms with Crippen LogP contribution in [0.5, 0.6) is 11.5 Å². The van der Waals surface area contributed by atoms with Crippen molar-refractivity contribution in [3.8, 4) is 11.5 Å². The molecule has 1 saturated heterocycles. The summed E-state index contributed by atoms with van der Waals surface area (Å²) in [5.74, 6) is 2.80. The number of carbonyl (C=O) groups is 1. The molecular formula is C20H25N5O3. The van der Waals surface area contributed by atoms with Gasteiger partial charge in [-0.3, -0.25) is 4.79 Å². The smallest absolute Gasteiger partial charge is 0.267 e. The predicted octanol–water partition coefficient (Wildman–Crippen LogP) is 1.71. The number of amides is 1. The normalized spacial score (nSPS) is 18.7. The lowest BCUT2D eigenvalue weighted by atomic mass is 10.2. The molecule has 0 bridgehead atoms. The van der Waals surface area contributed by atoms with Gasteiger partial charge in [0.05, 0.1) is 0 Å². The molecule has 1 amide bonds. The van der Waals surface area contributed by atoms with Crippen LogP contribution in [0.4, 0.5) is 11.8 Å². The number of fused-ring (bicyclic) bond motifs is 1. The molecular weight excluding hydrogens is 358 g/mol. The molecule has 1 unspecified atom stereocenters. The van der Waals surface area contributed by atoms with Crippen LogP contribution in [0.2, 0.25) is 0 Å². The minimum absolute atomic E-state index is 0.0346. The van der Waals surface area contributed by atoms with Crippen molar-refractivity contribution < 1.29 is 14.3 Å². The summed E-state index contributed by atoms with van der Waals surface area (Å²) in [4.78, 5) is 25.9. The molecule has 1 fully saturated rings. The summed E-state index contributed by atoms with van der Waals surface area (Å²) in [6.07, 6.45) is -0.600. The summed E-state index contributed by atoms with van der Waals surface area (Å²) in [7, 11) is 0. The van der Waals surface area contributed by atoms with Crippen LogP contribution in [0.15, 0.2) is 30.3 Å². The van der Waals surface area contributed by atoms with E-state index in [0.29, 0.717) is 43.6 Å². The second-order valence-corrected chi connectivity index (χ2v) is 6.90. The van der Waals surface area contributed by atoms with Gasteiger partial charge in [0.2, 0.25) is 12.1 Å². The number of benzene rings is 1. The van der Waals surface area contributed by atoms with Gasteiger partial charge < -0.3 is 24.6 Å². The van der Waals surface area contributed by atoms with Crippen LogP contribution < -0.4 is 19.7 Å². The zero-order valence-electron chi connectivity index (χ0n) is 16.2. The molecule has 3 heterocycles. The molecule has 1 N–H and O–H groups in total. The van der Waals surface area contributed by atoms with Crippen molar-refractivity contribution in [1.29, 1.82) is 0 Å². The van der Waals surface area contributed by atoms with Crippen LogP contribution in [-0.4, -0.2) is 66.2 Å². The van der Waals surface area contributed by atoms with Crippen molar-refractivity contribution in [1.82, 2.24) is 14.9 Å². The zero-order valence-corrected chi connectivity index (χ0v) is 16.2. The molecule has 1 aromatic carbocycles. The fraction of sp³-hybridized carbons (Fsp3) is 0.450. The summed E-state index contributed by atoms with van der Waals surface area (Å²) in [5, 5.41) is 3.23. The fourth-order valence-corrected chi connectivity index (χ4v) is 3.44. The van der Waals surface area contributed by atoms with Gasteiger partial charge in [-0.2, -0.15) is 4.98 Å². The molecule has 148 valence electrons.